The van der Waals surface area contributed by atoms with Gasteiger partial charge in [-0.15, -0.1) is 0 Å². The lowest BCUT2D eigenvalue weighted by molar-refractivity contribution is 0.706. The molecule has 2 aromatic heterocycles. The Hall–Kier alpha value is -2.63. The lowest BCUT2D eigenvalue weighted by atomic mass is 10.1. The van der Waals surface area contributed by atoms with Crippen LogP contribution in [-0.2, 0) is 0 Å². The summed E-state index contributed by atoms with van der Waals surface area (Å²) < 4.78 is 0. The fraction of sp³-hybridized carbons (Fsp3) is 0.211. The number of H-pyrrole nitrogens is 1. The Kier molecular flexibility index (Phi) is 4.02. The van der Waals surface area contributed by atoms with Gasteiger partial charge in [0.15, 0.2) is 0 Å². The van der Waals surface area contributed by atoms with E-state index in [0.717, 1.165) is 52.8 Å². The molecule has 0 amide bonds. The van der Waals surface area contributed by atoms with Gasteiger partial charge in [0.1, 0.15) is 5.82 Å². The number of aromatic nitrogens is 2. The van der Waals surface area contributed by atoms with E-state index in [1.807, 2.05) is 6.07 Å². The number of benzene rings is 2. The molecule has 0 bridgehead atoms. The smallest absolute Gasteiger partial charge is 0.136 e. The van der Waals surface area contributed by atoms with Crippen LogP contribution in [-0.4, -0.2) is 36.1 Å². The third-order valence-corrected chi connectivity index (χ3v) is 4.26. The van der Waals surface area contributed by atoms with Crippen LogP contribution in [0.25, 0.3) is 32.7 Å². The number of para-hydroxylation sites is 2. The molecule has 0 saturated carbocycles. The van der Waals surface area contributed by atoms with Crippen LogP contribution in [0.4, 0.5) is 5.82 Å². The monoisotopic (exact) mass is 319 g/mol. The van der Waals surface area contributed by atoms with Crippen LogP contribution < -0.4 is 16.4 Å². The van der Waals surface area contributed by atoms with Crippen LogP contribution in [0.15, 0.2) is 48.5 Å². The average molecular weight is 319 g/mol. The fourth-order valence-corrected chi connectivity index (χ4v) is 3.17. The Morgan fingerprint density at radius 2 is 1.71 bits per heavy atom. The van der Waals surface area contributed by atoms with E-state index >= 15 is 0 Å². The number of pyridine rings is 1. The van der Waals surface area contributed by atoms with Crippen LogP contribution in [0, 0.1) is 0 Å². The van der Waals surface area contributed by atoms with Gasteiger partial charge >= 0.3 is 0 Å². The molecule has 5 N–H and O–H groups in total. The van der Waals surface area contributed by atoms with Gasteiger partial charge in [-0.1, -0.05) is 36.4 Å². The number of rotatable bonds is 6. The van der Waals surface area contributed by atoms with Gasteiger partial charge in [-0.25, -0.2) is 4.98 Å². The minimum absolute atomic E-state index is 0.654. The van der Waals surface area contributed by atoms with Crippen LogP contribution in [0.2, 0.25) is 0 Å². The first kappa shape index (κ1) is 14.9. The zero-order valence-corrected chi connectivity index (χ0v) is 13.5. The van der Waals surface area contributed by atoms with E-state index in [1.54, 1.807) is 0 Å². The maximum Gasteiger partial charge on any atom is 0.136 e. The Bertz CT molecular complexity index is 989. The molecular formula is C19H21N5. The maximum atomic E-state index is 5.51. The molecule has 4 aromatic rings. The molecular weight excluding hydrogens is 298 g/mol. The highest BCUT2D eigenvalue weighted by Crippen LogP contribution is 2.34. The number of fused-ring (bicyclic) bond motifs is 5. The second-order valence-electron chi connectivity index (χ2n) is 5.86. The van der Waals surface area contributed by atoms with Gasteiger partial charge in [-0.3, -0.25) is 0 Å². The Labute approximate surface area is 140 Å². The van der Waals surface area contributed by atoms with Gasteiger partial charge in [0, 0.05) is 42.5 Å². The molecule has 2 heterocycles. The quantitative estimate of drug-likeness (QED) is 0.412. The molecule has 0 aliphatic carbocycles. The van der Waals surface area contributed by atoms with E-state index in [4.69, 9.17) is 10.7 Å². The summed E-state index contributed by atoms with van der Waals surface area (Å²) in [6.45, 7) is 3.14. The molecule has 122 valence electrons. The molecule has 5 heteroatoms. The first-order chi connectivity index (χ1) is 11.9. The largest absolute Gasteiger partial charge is 0.368 e. The number of hydrogen-bond acceptors (Lipinski definition) is 4. The Morgan fingerprint density at radius 1 is 0.917 bits per heavy atom. The molecule has 0 fully saturated rings. The third-order valence-electron chi connectivity index (χ3n) is 4.26. The molecule has 0 aliphatic rings. The predicted octanol–water partition coefficient (Wildman–Crippen LogP) is 2.83. The fourth-order valence-electron chi connectivity index (χ4n) is 3.17. The first-order valence-electron chi connectivity index (χ1n) is 8.32. The van der Waals surface area contributed by atoms with E-state index < -0.39 is 0 Å². The topological polar surface area (TPSA) is 78.8 Å². The number of anilines is 1. The number of nitrogens with two attached hydrogens (primary N) is 1. The molecule has 4 rings (SSSR count). The molecule has 24 heavy (non-hydrogen) atoms. The van der Waals surface area contributed by atoms with E-state index in [1.165, 1.54) is 5.39 Å². The summed E-state index contributed by atoms with van der Waals surface area (Å²) in [5.74, 6) is 0.927. The van der Waals surface area contributed by atoms with Crippen LogP contribution in [0.5, 0.6) is 0 Å². The van der Waals surface area contributed by atoms with Crippen molar-refractivity contribution in [1.29, 1.82) is 0 Å². The van der Waals surface area contributed by atoms with Crippen molar-refractivity contribution in [3.8, 4) is 0 Å². The van der Waals surface area contributed by atoms with Gasteiger partial charge in [0.05, 0.1) is 16.4 Å². The molecule has 5 nitrogen and oxygen atoms in total. The summed E-state index contributed by atoms with van der Waals surface area (Å²) >= 11 is 0. The van der Waals surface area contributed by atoms with Gasteiger partial charge < -0.3 is 21.4 Å². The van der Waals surface area contributed by atoms with Crippen LogP contribution in [0.3, 0.4) is 0 Å². The minimum atomic E-state index is 0.654. The normalized spacial score (nSPS) is 11.5. The van der Waals surface area contributed by atoms with Crippen molar-refractivity contribution in [1.82, 2.24) is 15.3 Å². The number of hydrogen-bond donors (Lipinski definition) is 4. The summed E-state index contributed by atoms with van der Waals surface area (Å²) in [5.41, 5.74) is 8.77. The predicted molar refractivity (Wildman–Crippen MR) is 102 cm³/mol. The van der Waals surface area contributed by atoms with E-state index in [2.05, 4.69) is 58.1 Å². The molecule has 2 aromatic carbocycles. The lowest BCUT2D eigenvalue weighted by Gasteiger charge is -2.10. The highest BCUT2D eigenvalue weighted by atomic mass is 15.0. The van der Waals surface area contributed by atoms with Crippen molar-refractivity contribution < 1.29 is 0 Å². The highest BCUT2D eigenvalue weighted by Gasteiger charge is 2.13. The average Bonchev–Trinajstić information content (AvgIpc) is 3.01. The van der Waals surface area contributed by atoms with Crippen molar-refractivity contribution in [2.24, 2.45) is 5.73 Å². The van der Waals surface area contributed by atoms with E-state index in [9.17, 15) is 0 Å². The maximum absolute atomic E-state index is 5.51. The van der Waals surface area contributed by atoms with Crippen molar-refractivity contribution in [2.45, 2.75) is 0 Å². The molecule has 0 unspecified atom stereocenters. The zero-order valence-electron chi connectivity index (χ0n) is 13.5. The summed E-state index contributed by atoms with van der Waals surface area (Å²) in [6, 6.07) is 16.6. The number of nitrogens with one attached hydrogen (secondary N) is 3. The number of aromatic amines is 1. The van der Waals surface area contributed by atoms with Crippen LogP contribution >= 0.6 is 0 Å². The molecule has 0 spiro atoms. The van der Waals surface area contributed by atoms with E-state index in [0.29, 0.717) is 6.54 Å². The van der Waals surface area contributed by atoms with Crippen molar-refractivity contribution in [3.63, 3.8) is 0 Å². The second-order valence-corrected chi connectivity index (χ2v) is 5.86. The molecule has 0 aliphatic heterocycles. The highest BCUT2D eigenvalue weighted by molar-refractivity contribution is 6.20. The summed E-state index contributed by atoms with van der Waals surface area (Å²) in [7, 11) is 0. The van der Waals surface area contributed by atoms with Crippen molar-refractivity contribution >= 4 is 38.5 Å². The zero-order chi connectivity index (χ0) is 16.4. The lowest BCUT2D eigenvalue weighted by Crippen LogP contribution is -2.27. The van der Waals surface area contributed by atoms with Crippen molar-refractivity contribution in [2.75, 3.05) is 31.5 Å². The molecule has 0 atom stereocenters. The van der Waals surface area contributed by atoms with E-state index in [-0.39, 0.29) is 0 Å². The summed E-state index contributed by atoms with van der Waals surface area (Å²) in [4.78, 5) is 8.42. The second kappa shape index (κ2) is 6.47. The molecule has 0 radical (unpaired) electrons. The van der Waals surface area contributed by atoms with Crippen molar-refractivity contribution in [3.05, 3.63) is 48.5 Å². The molecule has 0 saturated heterocycles. The SMILES string of the molecule is NCCNCCNc1nc2ccccc2c2[nH]c3ccccc3c12. The van der Waals surface area contributed by atoms with Gasteiger partial charge in [0.25, 0.3) is 0 Å². The van der Waals surface area contributed by atoms with Gasteiger partial charge in [-0.05, 0) is 12.1 Å². The van der Waals surface area contributed by atoms with Gasteiger partial charge in [-0.2, -0.15) is 0 Å². The Morgan fingerprint density at radius 3 is 2.58 bits per heavy atom. The van der Waals surface area contributed by atoms with Gasteiger partial charge in [0.2, 0.25) is 0 Å². The summed E-state index contributed by atoms with van der Waals surface area (Å²) in [6.07, 6.45) is 0. The summed E-state index contributed by atoms with van der Waals surface area (Å²) in [5, 5.41) is 10.3. The Balaban J connectivity index is 1.83. The minimum Gasteiger partial charge on any atom is -0.368 e. The number of nitrogens with zero attached hydrogens (tertiary/aromatic N) is 1. The van der Waals surface area contributed by atoms with Crippen LogP contribution in [0.1, 0.15) is 0 Å². The third kappa shape index (κ3) is 2.58. The first-order valence-corrected chi connectivity index (χ1v) is 8.32. The standard InChI is InChI=1S/C19H21N5/c20-9-10-21-11-12-22-19-17-13-5-1-3-7-15(13)23-18(17)14-6-2-4-8-16(14)24-19/h1-8,21,23H,9-12,20H2,(H,22,24).